The number of hydrogen-bond donors (Lipinski definition) is 0. The van der Waals surface area contributed by atoms with E-state index in [0.29, 0.717) is 37.0 Å². The van der Waals surface area contributed by atoms with Gasteiger partial charge in [-0.2, -0.15) is 0 Å². The molecular weight excluding hydrogens is 403 g/mol. The van der Waals surface area contributed by atoms with Gasteiger partial charge in [0.15, 0.2) is 5.92 Å². The molecule has 0 saturated heterocycles. The second-order valence-electron chi connectivity index (χ2n) is 7.90. The Balaban J connectivity index is 1.85. The summed E-state index contributed by atoms with van der Waals surface area (Å²) in [5.41, 5.74) is 0.0332. The molecule has 31 heavy (non-hydrogen) atoms. The molecule has 0 fully saturated rings. The van der Waals surface area contributed by atoms with Gasteiger partial charge in [-0.1, -0.05) is 26.7 Å². The number of ether oxygens (including phenoxy) is 2. The first kappa shape index (κ1) is 22.9. The molecule has 1 aliphatic heterocycles. The van der Waals surface area contributed by atoms with Gasteiger partial charge in [0.1, 0.15) is 11.6 Å². The molecule has 7 nitrogen and oxygen atoms in total. The minimum absolute atomic E-state index is 0.142. The normalized spacial score (nSPS) is 15.3. The summed E-state index contributed by atoms with van der Waals surface area (Å²) in [5, 5.41) is 0.348. The van der Waals surface area contributed by atoms with E-state index in [0.717, 1.165) is 12.8 Å². The van der Waals surface area contributed by atoms with Gasteiger partial charge in [-0.3, -0.25) is 19.0 Å². The number of esters is 2. The Labute approximate surface area is 180 Å². The predicted molar refractivity (Wildman–Crippen MR) is 113 cm³/mol. The van der Waals surface area contributed by atoms with Crippen LogP contribution >= 0.6 is 0 Å². The van der Waals surface area contributed by atoms with E-state index in [1.807, 2.05) is 13.8 Å². The van der Waals surface area contributed by atoms with E-state index < -0.39 is 23.7 Å². The molecular formula is C23H29FN2O5. The van der Waals surface area contributed by atoms with Crippen molar-refractivity contribution in [2.75, 3.05) is 13.2 Å². The first-order valence-corrected chi connectivity index (χ1v) is 11.0. The van der Waals surface area contributed by atoms with Crippen LogP contribution in [0.15, 0.2) is 23.0 Å². The van der Waals surface area contributed by atoms with Gasteiger partial charge in [-0.15, -0.1) is 0 Å². The van der Waals surface area contributed by atoms with Crippen LogP contribution in [0.2, 0.25) is 0 Å². The third-order valence-electron chi connectivity index (χ3n) is 5.59. The van der Waals surface area contributed by atoms with Crippen LogP contribution in [0.25, 0.3) is 10.9 Å². The summed E-state index contributed by atoms with van der Waals surface area (Å²) in [6.07, 6.45) is 3.86. The first-order valence-electron chi connectivity index (χ1n) is 11.0. The Morgan fingerprint density at radius 3 is 2.42 bits per heavy atom. The standard InChI is InChI=1S/C23H29FN2O5/c1-3-5-11-30-22(28)18(23(29)31-12-6-4-2)13-15-9-10-26-20(15)25-19-14-16(24)7-8-17(19)21(26)27/h7-8,14-15,18H,3-6,9-13H2,1-2H3. The fraction of sp³-hybridized carbons (Fsp3) is 0.565. The first-order chi connectivity index (χ1) is 15.0. The number of rotatable bonds is 10. The highest BCUT2D eigenvalue weighted by Gasteiger charge is 2.36. The summed E-state index contributed by atoms with van der Waals surface area (Å²) in [7, 11) is 0. The van der Waals surface area contributed by atoms with Crippen LogP contribution in [0.5, 0.6) is 0 Å². The summed E-state index contributed by atoms with van der Waals surface area (Å²) in [5.74, 6) is -2.61. The minimum Gasteiger partial charge on any atom is -0.465 e. The molecule has 1 aliphatic rings. The van der Waals surface area contributed by atoms with Gasteiger partial charge in [-0.05, 0) is 37.8 Å². The molecule has 0 saturated carbocycles. The highest BCUT2D eigenvalue weighted by molar-refractivity contribution is 5.95. The Bertz CT molecular complexity index is 981. The molecule has 0 bridgehead atoms. The average molecular weight is 432 g/mol. The smallest absolute Gasteiger partial charge is 0.320 e. The zero-order valence-electron chi connectivity index (χ0n) is 18.1. The molecule has 3 rings (SSSR count). The Morgan fingerprint density at radius 2 is 1.81 bits per heavy atom. The van der Waals surface area contributed by atoms with Crippen molar-refractivity contribution < 1.29 is 23.5 Å². The van der Waals surface area contributed by atoms with Gasteiger partial charge in [0.25, 0.3) is 5.56 Å². The van der Waals surface area contributed by atoms with Crippen LogP contribution < -0.4 is 5.56 Å². The van der Waals surface area contributed by atoms with Crippen molar-refractivity contribution in [3.05, 3.63) is 40.2 Å². The number of unbranched alkanes of at least 4 members (excludes halogenated alkanes) is 2. The van der Waals surface area contributed by atoms with Crippen LogP contribution in [0.1, 0.15) is 64.1 Å². The topological polar surface area (TPSA) is 87.5 Å². The van der Waals surface area contributed by atoms with Gasteiger partial charge >= 0.3 is 11.9 Å². The number of halogens is 1. The lowest BCUT2D eigenvalue weighted by Crippen LogP contribution is -2.30. The molecule has 0 aliphatic carbocycles. The third kappa shape index (κ3) is 5.29. The Kier molecular flexibility index (Phi) is 7.76. The van der Waals surface area contributed by atoms with Gasteiger partial charge in [0, 0.05) is 18.5 Å². The number of aromatic nitrogens is 2. The number of nitrogens with zero attached hydrogens (tertiary/aromatic N) is 2. The van der Waals surface area contributed by atoms with Gasteiger partial charge in [0.05, 0.1) is 24.1 Å². The molecule has 8 heteroatoms. The molecule has 1 unspecified atom stereocenters. The van der Waals surface area contributed by atoms with Crippen molar-refractivity contribution in [1.82, 2.24) is 9.55 Å². The molecule has 1 aromatic heterocycles. The van der Waals surface area contributed by atoms with E-state index >= 15 is 0 Å². The second kappa shape index (κ2) is 10.5. The van der Waals surface area contributed by atoms with Crippen molar-refractivity contribution in [2.24, 2.45) is 5.92 Å². The third-order valence-corrected chi connectivity index (χ3v) is 5.59. The van der Waals surface area contributed by atoms with E-state index in [4.69, 9.17) is 9.47 Å². The molecule has 168 valence electrons. The highest BCUT2D eigenvalue weighted by Crippen LogP contribution is 2.33. The quantitative estimate of drug-likeness (QED) is 0.323. The Hall–Kier alpha value is -2.77. The average Bonchev–Trinajstić information content (AvgIpc) is 3.14. The molecule has 1 atom stereocenters. The molecule has 2 aromatic rings. The summed E-state index contributed by atoms with van der Waals surface area (Å²) in [6, 6.07) is 3.89. The monoisotopic (exact) mass is 432 g/mol. The summed E-state index contributed by atoms with van der Waals surface area (Å²) in [6.45, 7) is 4.89. The maximum absolute atomic E-state index is 13.7. The van der Waals surface area contributed by atoms with Crippen LogP contribution in [-0.4, -0.2) is 34.7 Å². The van der Waals surface area contributed by atoms with E-state index in [9.17, 15) is 18.8 Å². The van der Waals surface area contributed by atoms with Crippen molar-refractivity contribution in [3.8, 4) is 0 Å². The van der Waals surface area contributed by atoms with Gasteiger partial charge < -0.3 is 9.47 Å². The van der Waals surface area contributed by atoms with Crippen LogP contribution in [0, 0.1) is 11.7 Å². The van der Waals surface area contributed by atoms with Crippen molar-refractivity contribution in [3.63, 3.8) is 0 Å². The molecule has 0 radical (unpaired) electrons. The summed E-state index contributed by atoms with van der Waals surface area (Å²) < 4.78 is 25.8. The van der Waals surface area contributed by atoms with Crippen LogP contribution in [0.3, 0.4) is 0 Å². The predicted octanol–water partition coefficient (Wildman–Crippen LogP) is 3.72. The van der Waals surface area contributed by atoms with Gasteiger partial charge in [-0.25, -0.2) is 9.37 Å². The van der Waals surface area contributed by atoms with Gasteiger partial charge in [0.2, 0.25) is 0 Å². The van der Waals surface area contributed by atoms with E-state index in [-0.39, 0.29) is 36.6 Å². The maximum atomic E-state index is 13.7. The fourth-order valence-electron chi connectivity index (χ4n) is 3.78. The van der Waals surface area contributed by atoms with Crippen LogP contribution in [-0.2, 0) is 25.6 Å². The van der Waals surface area contributed by atoms with Crippen molar-refractivity contribution in [2.45, 2.75) is 64.8 Å². The van der Waals surface area contributed by atoms with E-state index in [2.05, 4.69) is 4.98 Å². The number of carbonyl (C=O) groups is 2. The largest absolute Gasteiger partial charge is 0.465 e. The molecule has 2 heterocycles. The number of benzene rings is 1. The summed E-state index contributed by atoms with van der Waals surface area (Å²) in [4.78, 5) is 42.6. The number of fused-ring (bicyclic) bond motifs is 2. The summed E-state index contributed by atoms with van der Waals surface area (Å²) >= 11 is 0. The lowest BCUT2D eigenvalue weighted by atomic mass is 9.92. The fourth-order valence-corrected chi connectivity index (χ4v) is 3.78. The number of hydrogen-bond acceptors (Lipinski definition) is 6. The maximum Gasteiger partial charge on any atom is 0.320 e. The van der Waals surface area contributed by atoms with E-state index in [1.165, 1.54) is 18.2 Å². The van der Waals surface area contributed by atoms with Crippen molar-refractivity contribution in [1.29, 1.82) is 0 Å². The molecule has 1 aromatic carbocycles. The van der Waals surface area contributed by atoms with Crippen LogP contribution in [0.4, 0.5) is 4.39 Å². The molecule has 0 spiro atoms. The molecule has 0 amide bonds. The lowest BCUT2D eigenvalue weighted by molar-refractivity contribution is -0.162. The Morgan fingerprint density at radius 1 is 1.16 bits per heavy atom. The highest BCUT2D eigenvalue weighted by atomic mass is 19.1. The second-order valence-corrected chi connectivity index (χ2v) is 7.90. The SMILES string of the molecule is CCCCOC(=O)C(CC1CCn2c1nc1cc(F)ccc1c2=O)C(=O)OCCCC. The molecule has 0 N–H and O–H groups in total. The number of carbonyl (C=O) groups excluding carboxylic acids is 2. The lowest BCUT2D eigenvalue weighted by Gasteiger charge is -2.18. The zero-order valence-corrected chi connectivity index (χ0v) is 18.1. The minimum atomic E-state index is -1.08. The zero-order chi connectivity index (χ0) is 22.4. The van der Waals surface area contributed by atoms with E-state index in [1.54, 1.807) is 4.57 Å². The van der Waals surface area contributed by atoms with Crippen molar-refractivity contribution >= 4 is 22.8 Å².